The zero-order valence-corrected chi connectivity index (χ0v) is 11.9. The number of ether oxygens (including phenoxy) is 2. The van der Waals surface area contributed by atoms with E-state index in [4.69, 9.17) is 9.47 Å². The van der Waals surface area contributed by atoms with Crippen LogP contribution < -0.4 is 20.7 Å². The largest absolute Gasteiger partial charge is 0.482 e. The second-order valence-corrected chi connectivity index (χ2v) is 4.55. The first kappa shape index (κ1) is 15.3. The molecule has 1 aliphatic rings. The van der Waals surface area contributed by atoms with Gasteiger partial charge in [-0.1, -0.05) is 0 Å². The van der Waals surface area contributed by atoms with Crippen molar-refractivity contribution in [1.29, 1.82) is 0 Å². The molecule has 0 unspecified atom stereocenters. The Hall–Kier alpha value is -2.12. The summed E-state index contributed by atoms with van der Waals surface area (Å²) in [5.41, 5.74) is 1.01. The second-order valence-electron chi connectivity index (χ2n) is 4.55. The second kappa shape index (κ2) is 7.61. The highest BCUT2D eigenvalue weighted by molar-refractivity contribution is 5.99. The van der Waals surface area contributed by atoms with Gasteiger partial charge in [-0.05, 0) is 18.2 Å². The average Bonchev–Trinajstić information content (AvgIpc) is 2.49. The molecule has 1 aliphatic heterocycles. The fraction of sp³-hybridized carbons (Fsp3) is 0.429. The molecule has 21 heavy (non-hydrogen) atoms. The van der Waals surface area contributed by atoms with Crippen LogP contribution in [0, 0.1) is 0 Å². The highest BCUT2D eigenvalue weighted by Gasteiger charge is 2.17. The lowest BCUT2D eigenvalue weighted by molar-refractivity contribution is -0.118. The Kier molecular flexibility index (Phi) is 5.53. The Labute approximate surface area is 123 Å². The van der Waals surface area contributed by atoms with E-state index >= 15 is 0 Å². The molecule has 0 bridgehead atoms. The van der Waals surface area contributed by atoms with Gasteiger partial charge in [-0.15, -0.1) is 0 Å². The first-order valence-electron chi connectivity index (χ1n) is 6.75. The highest BCUT2D eigenvalue weighted by atomic mass is 16.5. The number of benzene rings is 1. The van der Waals surface area contributed by atoms with E-state index in [-0.39, 0.29) is 18.4 Å². The summed E-state index contributed by atoms with van der Waals surface area (Å²) in [6.07, 6.45) is 0. The van der Waals surface area contributed by atoms with E-state index in [1.807, 2.05) is 0 Å². The molecular weight excluding hydrogens is 274 g/mol. The summed E-state index contributed by atoms with van der Waals surface area (Å²) in [6.45, 7) is 2.57. The Morgan fingerprint density at radius 3 is 3.05 bits per heavy atom. The molecule has 1 heterocycles. The van der Waals surface area contributed by atoms with Crippen molar-refractivity contribution >= 4 is 17.5 Å². The minimum atomic E-state index is -0.220. The molecule has 2 amide bonds. The lowest BCUT2D eigenvalue weighted by Crippen LogP contribution is -2.33. The van der Waals surface area contributed by atoms with Crippen LogP contribution in [0.5, 0.6) is 5.75 Å². The third-order valence-electron chi connectivity index (χ3n) is 2.94. The standard InChI is InChI=1S/C14H19N3O4/c1-20-7-6-15-4-5-16-14(19)10-2-3-12-11(8-10)17-13(18)9-21-12/h2-3,8,15H,4-7,9H2,1H3,(H,16,19)(H,17,18). The summed E-state index contributed by atoms with van der Waals surface area (Å²) < 4.78 is 10.1. The van der Waals surface area contributed by atoms with Crippen molar-refractivity contribution in [1.82, 2.24) is 10.6 Å². The topological polar surface area (TPSA) is 88.7 Å². The number of carbonyl (C=O) groups excluding carboxylic acids is 2. The monoisotopic (exact) mass is 293 g/mol. The van der Waals surface area contributed by atoms with Crippen LogP contribution in [-0.2, 0) is 9.53 Å². The van der Waals surface area contributed by atoms with Crippen LogP contribution in [0.1, 0.15) is 10.4 Å². The molecule has 0 saturated carbocycles. The van der Waals surface area contributed by atoms with E-state index < -0.39 is 0 Å². The van der Waals surface area contributed by atoms with Crippen LogP contribution in [0.3, 0.4) is 0 Å². The molecule has 0 spiro atoms. The maximum Gasteiger partial charge on any atom is 0.262 e. The van der Waals surface area contributed by atoms with E-state index in [1.54, 1.807) is 25.3 Å². The molecule has 7 nitrogen and oxygen atoms in total. The number of methoxy groups -OCH3 is 1. The van der Waals surface area contributed by atoms with Crippen LogP contribution in [0.2, 0.25) is 0 Å². The van der Waals surface area contributed by atoms with Gasteiger partial charge in [0.15, 0.2) is 6.61 Å². The number of amides is 2. The number of hydrogen-bond donors (Lipinski definition) is 3. The van der Waals surface area contributed by atoms with Gasteiger partial charge in [-0.2, -0.15) is 0 Å². The molecule has 0 atom stereocenters. The number of nitrogens with one attached hydrogen (secondary N) is 3. The van der Waals surface area contributed by atoms with Crippen LogP contribution in [0.15, 0.2) is 18.2 Å². The highest BCUT2D eigenvalue weighted by Crippen LogP contribution is 2.28. The van der Waals surface area contributed by atoms with Gasteiger partial charge in [0.1, 0.15) is 5.75 Å². The zero-order valence-electron chi connectivity index (χ0n) is 11.9. The van der Waals surface area contributed by atoms with Crippen molar-refractivity contribution < 1.29 is 19.1 Å². The summed E-state index contributed by atoms with van der Waals surface area (Å²) in [6, 6.07) is 4.96. The van der Waals surface area contributed by atoms with Crippen molar-refractivity contribution in [2.24, 2.45) is 0 Å². The predicted octanol–water partition coefficient (Wildman–Crippen LogP) is -0.0167. The Bertz CT molecular complexity index is 519. The van der Waals surface area contributed by atoms with Crippen LogP contribution in [0.25, 0.3) is 0 Å². The van der Waals surface area contributed by atoms with Gasteiger partial charge in [0.05, 0.1) is 12.3 Å². The molecule has 3 N–H and O–H groups in total. The maximum atomic E-state index is 12.0. The van der Waals surface area contributed by atoms with E-state index in [1.165, 1.54) is 0 Å². The van der Waals surface area contributed by atoms with E-state index in [2.05, 4.69) is 16.0 Å². The van der Waals surface area contributed by atoms with Crippen LogP contribution in [0.4, 0.5) is 5.69 Å². The van der Waals surface area contributed by atoms with Gasteiger partial charge >= 0.3 is 0 Å². The van der Waals surface area contributed by atoms with Crippen molar-refractivity contribution in [3.05, 3.63) is 23.8 Å². The minimum Gasteiger partial charge on any atom is -0.482 e. The molecule has 1 aromatic carbocycles. The quantitative estimate of drug-likeness (QED) is 0.615. The lowest BCUT2D eigenvalue weighted by atomic mass is 10.1. The predicted molar refractivity (Wildman–Crippen MR) is 77.6 cm³/mol. The van der Waals surface area contributed by atoms with Gasteiger partial charge in [-0.25, -0.2) is 0 Å². The fourth-order valence-corrected chi connectivity index (χ4v) is 1.89. The van der Waals surface area contributed by atoms with Gasteiger partial charge in [0.2, 0.25) is 0 Å². The van der Waals surface area contributed by atoms with Gasteiger partial charge in [0, 0.05) is 32.3 Å². The Morgan fingerprint density at radius 1 is 1.38 bits per heavy atom. The molecule has 0 aliphatic carbocycles. The van der Waals surface area contributed by atoms with Crippen molar-refractivity contribution in [3.8, 4) is 5.75 Å². The van der Waals surface area contributed by atoms with Crippen LogP contribution >= 0.6 is 0 Å². The smallest absolute Gasteiger partial charge is 0.262 e. The minimum absolute atomic E-state index is 0.00564. The van der Waals surface area contributed by atoms with E-state index in [0.717, 1.165) is 6.54 Å². The number of rotatable bonds is 7. The first-order valence-corrected chi connectivity index (χ1v) is 6.75. The van der Waals surface area contributed by atoms with Crippen LogP contribution in [-0.4, -0.2) is 51.8 Å². The SMILES string of the molecule is COCCNCCNC(=O)c1ccc2c(c1)NC(=O)CO2. The Balaban J connectivity index is 1.82. The fourth-order valence-electron chi connectivity index (χ4n) is 1.89. The molecule has 0 fully saturated rings. The number of fused-ring (bicyclic) bond motifs is 1. The summed E-state index contributed by atoms with van der Waals surface area (Å²) in [5.74, 6) is 0.168. The number of anilines is 1. The van der Waals surface area contributed by atoms with E-state index in [9.17, 15) is 9.59 Å². The zero-order chi connectivity index (χ0) is 15.1. The summed E-state index contributed by atoms with van der Waals surface area (Å²) in [7, 11) is 1.64. The van der Waals surface area contributed by atoms with Gasteiger partial charge in [-0.3, -0.25) is 9.59 Å². The maximum absolute atomic E-state index is 12.0. The third-order valence-corrected chi connectivity index (χ3v) is 2.94. The molecule has 0 aromatic heterocycles. The molecular formula is C14H19N3O4. The third kappa shape index (κ3) is 4.44. The van der Waals surface area contributed by atoms with E-state index in [0.29, 0.717) is 36.7 Å². The molecule has 2 rings (SSSR count). The van der Waals surface area contributed by atoms with Gasteiger partial charge in [0.25, 0.3) is 11.8 Å². The van der Waals surface area contributed by atoms with Crippen molar-refractivity contribution in [2.75, 3.05) is 45.3 Å². The molecule has 7 heteroatoms. The average molecular weight is 293 g/mol. The molecule has 0 radical (unpaired) electrons. The van der Waals surface area contributed by atoms with Gasteiger partial charge < -0.3 is 25.4 Å². The molecule has 114 valence electrons. The first-order chi connectivity index (χ1) is 10.2. The van der Waals surface area contributed by atoms with Crippen molar-refractivity contribution in [2.45, 2.75) is 0 Å². The normalized spacial score (nSPS) is 13.1. The van der Waals surface area contributed by atoms with Crippen molar-refractivity contribution in [3.63, 3.8) is 0 Å². The molecule has 0 saturated heterocycles. The molecule has 1 aromatic rings. The summed E-state index contributed by atoms with van der Waals surface area (Å²) in [4.78, 5) is 23.2. The number of carbonyl (C=O) groups is 2. The Morgan fingerprint density at radius 2 is 2.24 bits per heavy atom. The summed E-state index contributed by atoms with van der Waals surface area (Å²) in [5, 5.41) is 8.61. The lowest BCUT2D eigenvalue weighted by Gasteiger charge is -2.18. The summed E-state index contributed by atoms with van der Waals surface area (Å²) >= 11 is 0. The number of hydrogen-bond acceptors (Lipinski definition) is 5.